The van der Waals surface area contributed by atoms with Gasteiger partial charge >= 0.3 is 5.97 Å². The third kappa shape index (κ3) is 4.48. The molecule has 0 aliphatic carbocycles. The Morgan fingerprint density at radius 1 is 1.24 bits per heavy atom. The van der Waals surface area contributed by atoms with Crippen LogP contribution < -0.4 is 5.32 Å². The average Bonchev–Trinajstić information content (AvgIpc) is 2.28. The standard InChI is InChI=1S/C12H15NO3S/c1-8(2)17-11(12(15)16)13-10(14)9-6-4-3-5-7-9/h3-8,11H,1-2H3,(H,13,14)(H,15,16). The average molecular weight is 253 g/mol. The summed E-state index contributed by atoms with van der Waals surface area (Å²) in [5.74, 6) is -1.40. The van der Waals surface area contributed by atoms with Crippen molar-refractivity contribution in [2.24, 2.45) is 0 Å². The summed E-state index contributed by atoms with van der Waals surface area (Å²) in [5.41, 5.74) is 0.461. The lowest BCUT2D eigenvalue weighted by molar-refractivity contribution is -0.136. The predicted molar refractivity (Wildman–Crippen MR) is 68.1 cm³/mol. The van der Waals surface area contributed by atoms with Crippen molar-refractivity contribution >= 4 is 23.6 Å². The molecule has 1 atom stereocenters. The first kappa shape index (κ1) is 13.6. The van der Waals surface area contributed by atoms with Crippen LogP contribution in [0.3, 0.4) is 0 Å². The predicted octanol–water partition coefficient (Wildman–Crippen LogP) is 1.97. The number of amides is 1. The van der Waals surface area contributed by atoms with Crippen molar-refractivity contribution < 1.29 is 14.7 Å². The molecule has 1 aromatic rings. The molecule has 0 saturated carbocycles. The Bertz CT molecular complexity index is 392. The molecule has 0 fully saturated rings. The summed E-state index contributed by atoms with van der Waals surface area (Å²) in [6.07, 6.45) is 0. The minimum absolute atomic E-state index is 0.132. The van der Waals surface area contributed by atoms with Gasteiger partial charge in [0.2, 0.25) is 0 Å². The molecule has 1 aromatic carbocycles. The van der Waals surface area contributed by atoms with Gasteiger partial charge in [0, 0.05) is 10.8 Å². The molecule has 4 nitrogen and oxygen atoms in total. The van der Waals surface area contributed by atoms with E-state index in [-0.39, 0.29) is 11.2 Å². The van der Waals surface area contributed by atoms with Gasteiger partial charge in [0.15, 0.2) is 5.37 Å². The lowest BCUT2D eigenvalue weighted by atomic mass is 10.2. The smallest absolute Gasteiger partial charge is 0.336 e. The highest BCUT2D eigenvalue weighted by molar-refractivity contribution is 8.01. The molecule has 1 amide bonds. The normalized spacial score (nSPS) is 12.2. The van der Waals surface area contributed by atoms with E-state index in [9.17, 15) is 9.59 Å². The Morgan fingerprint density at radius 2 is 1.82 bits per heavy atom. The summed E-state index contributed by atoms with van der Waals surface area (Å²) in [6, 6.07) is 8.57. The first-order chi connectivity index (χ1) is 8.00. The molecule has 0 saturated heterocycles. The molecule has 0 aromatic heterocycles. The Labute approximate surface area is 104 Å². The molecule has 0 aliphatic rings. The molecule has 17 heavy (non-hydrogen) atoms. The van der Waals surface area contributed by atoms with Crippen LogP contribution in [0, 0.1) is 0 Å². The molecule has 5 heteroatoms. The second kappa shape index (κ2) is 6.30. The summed E-state index contributed by atoms with van der Waals surface area (Å²) in [7, 11) is 0. The second-order valence-corrected chi connectivity index (χ2v) is 5.43. The Kier molecular flexibility index (Phi) is 5.03. The lowest BCUT2D eigenvalue weighted by Crippen LogP contribution is -2.39. The van der Waals surface area contributed by atoms with Gasteiger partial charge in [-0.25, -0.2) is 4.79 Å². The van der Waals surface area contributed by atoms with E-state index in [1.165, 1.54) is 11.8 Å². The van der Waals surface area contributed by atoms with Gasteiger partial charge in [-0.3, -0.25) is 4.79 Å². The second-order valence-electron chi connectivity index (χ2n) is 3.74. The highest BCUT2D eigenvalue weighted by Crippen LogP contribution is 2.15. The number of hydrogen-bond acceptors (Lipinski definition) is 3. The van der Waals surface area contributed by atoms with Crippen LogP contribution in [0.2, 0.25) is 0 Å². The van der Waals surface area contributed by atoms with Crippen LogP contribution >= 0.6 is 11.8 Å². The number of thioether (sulfide) groups is 1. The van der Waals surface area contributed by atoms with Crippen LogP contribution in [0.5, 0.6) is 0 Å². The maximum Gasteiger partial charge on any atom is 0.336 e. The Balaban J connectivity index is 2.68. The van der Waals surface area contributed by atoms with Crippen LogP contribution in [0.4, 0.5) is 0 Å². The molecule has 92 valence electrons. The number of carbonyl (C=O) groups excluding carboxylic acids is 1. The zero-order chi connectivity index (χ0) is 12.8. The Hall–Kier alpha value is -1.49. The van der Waals surface area contributed by atoms with E-state index >= 15 is 0 Å². The number of rotatable bonds is 5. The third-order valence-corrected chi connectivity index (χ3v) is 3.07. The molecule has 0 bridgehead atoms. The number of carboxylic acid groups (broad SMARTS) is 1. The molecular formula is C12H15NO3S. The zero-order valence-corrected chi connectivity index (χ0v) is 10.5. The number of nitrogens with one attached hydrogen (secondary N) is 1. The van der Waals surface area contributed by atoms with Crippen molar-refractivity contribution in [1.29, 1.82) is 0 Å². The quantitative estimate of drug-likeness (QED) is 0.787. The van der Waals surface area contributed by atoms with Crippen LogP contribution in [0.25, 0.3) is 0 Å². The fourth-order valence-electron chi connectivity index (χ4n) is 1.22. The highest BCUT2D eigenvalue weighted by atomic mass is 32.2. The number of benzene rings is 1. The van der Waals surface area contributed by atoms with Gasteiger partial charge in [-0.1, -0.05) is 32.0 Å². The van der Waals surface area contributed by atoms with Crippen molar-refractivity contribution in [3.05, 3.63) is 35.9 Å². The summed E-state index contributed by atoms with van der Waals surface area (Å²) >= 11 is 1.20. The largest absolute Gasteiger partial charge is 0.479 e. The van der Waals surface area contributed by atoms with Crippen LogP contribution in [-0.4, -0.2) is 27.6 Å². The van der Waals surface area contributed by atoms with Gasteiger partial charge in [0.1, 0.15) is 0 Å². The number of carboxylic acids is 1. The van der Waals surface area contributed by atoms with E-state index in [0.29, 0.717) is 5.56 Å². The van der Waals surface area contributed by atoms with Crippen molar-refractivity contribution in [1.82, 2.24) is 5.32 Å². The van der Waals surface area contributed by atoms with Gasteiger partial charge in [-0.2, -0.15) is 0 Å². The van der Waals surface area contributed by atoms with E-state index in [1.54, 1.807) is 30.3 Å². The topological polar surface area (TPSA) is 66.4 Å². The van der Waals surface area contributed by atoms with Crippen LogP contribution in [0.15, 0.2) is 30.3 Å². The van der Waals surface area contributed by atoms with E-state index in [0.717, 1.165) is 0 Å². The van der Waals surface area contributed by atoms with Gasteiger partial charge < -0.3 is 10.4 Å². The molecule has 2 N–H and O–H groups in total. The molecule has 0 radical (unpaired) electrons. The molecular weight excluding hydrogens is 238 g/mol. The van der Waals surface area contributed by atoms with Gasteiger partial charge in [0.05, 0.1) is 0 Å². The summed E-state index contributed by atoms with van der Waals surface area (Å²) in [4.78, 5) is 22.7. The SMILES string of the molecule is CC(C)SC(NC(=O)c1ccccc1)C(=O)O. The highest BCUT2D eigenvalue weighted by Gasteiger charge is 2.22. The van der Waals surface area contributed by atoms with Gasteiger partial charge in [0.25, 0.3) is 5.91 Å². The summed E-state index contributed by atoms with van der Waals surface area (Å²) in [6.45, 7) is 3.77. The van der Waals surface area contributed by atoms with Crippen molar-refractivity contribution in [2.75, 3.05) is 0 Å². The first-order valence-corrected chi connectivity index (χ1v) is 6.19. The minimum atomic E-state index is -1.03. The van der Waals surface area contributed by atoms with Gasteiger partial charge in [-0.15, -0.1) is 11.8 Å². The number of hydrogen-bond donors (Lipinski definition) is 2. The van der Waals surface area contributed by atoms with Crippen molar-refractivity contribution in [3.8, 4) is 0 Å². The summed E-state index contributed by atoms with van der Waals surface area (Å²) in [5, 5.41) is 10.7. The van der Waals surface area contributed by atoms with Crippen molar-refractivity contribution in [3.63, 3.8) is 0 Å². The van der Waals surface area contributed by atoms with Crippen LogP contribution in [0.1, 0.15) is 24.2 Å². The minimum Gasteiger partial charge on any atom is -0.479 e. The zero-order valence-electron chi connectivity index (χ0n) is 9.71. The van der Waals surface area contributed by atoms with E-state index < -0.39 is 11.3 Å². The van der Waals surface area contributed by atoms with Crippen molar-refractivity contribution in [2.45, 2.75) is 24.5 Å². The molecule has 1 unspecified atom stereocenters. The lowest BCUT2D eigenvalue weighted by Gasteiger charge is -2.16. The van der Waals surface area contributed by atoms with Gasteiger partial charge in [-0.05, 0) is 12.1 Å². The molecule has 0 spiro atoms. The Morgan fingerprint density at radius 3 is 2.29 bits per heavy atom. The van der Waals surface area contributed by atoms with E-state index in [4.69, 9.17) is 5.11 Å². The van der Waals surface area contributed by atoms with E-state index in [2.05, 4.69) is 5.32 Å². The fraction of sp³-hybridized carbons (Fsp3) is 0.333. The molecule has 0 aliphatic heterocycles. The molecule has 0 heterocycles. The fourth-order valence-corrected chi connectivity index (χ4v) is 2.05. The maximum atomic E-state index is 11.8. The number of aliphatic carboxylic acids is 1. The maximum absolute atomic E-state index is 11.8. The van der Waals surface area contributed by atoms with E-state index in [1.807, 2.05) is 13.8 Å². The summed E-state index contributed by atoms with van der Waals surface area (Å²) < 4.78 is 0. The van der Waals surface area contributed by atoms with Crippen LogP contribution in [-0.2, 0) is 4.79 Å². The first-order valence-electron chi connectivity index (χ1n) is 5.25. The number of carbonyl (C=O) groups is 2. The monoisotopic (exact) mass is 253 g/mol. The molecule has 1 rings (SSSR count). The third-order valence-electron chi connectivity index (χ3n) is 1.93.